The van der Waals surface area contributed by atoms with E-state index in [9.17, 15) is 0 Å². The second-order valence-corrected chi connectivity index (χ2v) is 8.21. The Labute approximate surface area is 166 Å². The summed E-state index contributed by atoms with van der Waals surface area (Å²) in [6.45, 7) is 17.2. The molecule has 0 amide bonds. The van der Waals surface area contributed by atoms with Gasteiger partial charge in [0.1, 0.15) is 11.3 Å². The van der Waals surface area contributed by atoms with Gasteiger partial charge in [-0.2, -0.15) is 0 Å². The van der Waals surface area contributed by atoms with Gasteiger partial charge in [-0.15, -0.1) is 0 Å². The van der Waals surface area contributed by atoms with Gasteiger partial charge in [-0.25, -0.2) is 0 Å². The first kappa shape index (κ1) is 17.1. The average Bonchev–Trinajstić information content (AvgIpc) is 3.11. The van der Waals surface area contributed by atoms with E-state index < -0.39 is 0 Å². The van der Waals surface area contributed by atoms with Gasteiger partial charge < -0.3 is 4.42 Å². The molecule has 2 aliphatic carbocycles. The normalized spacial score (nSPS) is 17.8. The van der Waals surface area contributed by atoms with E-state index in [1.54, 1.807) is 0 Å². The van der Waals surface area contributed by atoms with Crippen LogP contribution in [0.2, 0.25) is 0 Å². The van der Waals surface area contributed by atoms with Crippen LogP contribution in [-0.2, 0) is 5.41 Å². The van der Waals surface area contributed by atoms with Gasteiger partial charge in [0.05, 0.1) is 0 Å². The maximum absolute atomic E-state index is 6.24. The lowest BCUT2D eigenvalue weighted by Crippen LogP contribution is -2.15. The number of fused-ring (bicyclic) bond motifs is 1. The van der Waals surface area contributed by atoms with Crippen molar-refractivity contribution in [3.8, 4) is 0 Å². The van der Waals surface area contributed by atoms with E-state index in [2.05, 4.69) is 77.3 Å². The van der Waals surface area contributed by atoms with Gasteiger partial charge in [-0.05, 0) is 59.4 Å². The molecule has 5 rings (SSSR count). The fourth-order valence-corrected chi connectivity index (χ4v) is 5.09. The zero-order chi connectivity index (χ0) is 19.8. The number of furan rings is 1. The minimum Gasteiger partial charge on any atom is -0.456 e. The molecule has 0 spiro atoms. The highest BCUT2D eigenvalue weighted by Crippen LogP contribution is 2.56. The Balaban J connectivity index is 2.14. The molecular formula is C27H24O. The summed E-state index contributed by atoms with van der Waals surface area (Å²) in [5.74, 6) is 0.834. The van der Waals surface area contributed by atoms with Crippen LogP contribution >= 0.6 is 0 Å². The van der Waals surface area contributed by atoms with Crippen LogP contribution in [0.3, 0.4) is 0 Å². The van der Waals surface area contributed by atoms with Gasteiger partial charge in [0.2, 0.25) is 0 Å². The summed E-state index contributed by atoms with van der Waals surface area (Å²) in [6.07, 6.45) is 6.01. The minimum atomic E-state index is -0.0113. The standard InChI is InChI=1S/C27H24O/c1-7-16-13-14-21-26-23(16)22-15(4)27(5,6)19-12-10-11-18(24(19)22)17(8-2)25(26)20(9-3)28-21/h7-14H,1,3H2,2,4-6H3/b17-8-. The summed E-state index contributed by atoms with van der Waals surface area (Å²) in [6, 6.07) is 10.9. The van der Waals surface area contributed by atoms with E-state index in [-0.39, 0.29) is 5.41 Å². The summed E-state index contributed by atoms with van der Waals surface area (Å²) in [4.78, 5) is 0. The SMILES string of the molecule is C=Cc1ccc2oc(C=C)c3c2c1C1=C(C)C(C)(C)c2cccc(c21)/C3=C/C. The summed E-state index contributed by atoms with van der Waals surface area (Å²) in [5, 5.41) is 1.18. The number of hydrogen-bond acceptors (Lipinski definition) is 1. The van der Waals surface area contributed by atoms with E-state index in [0.29, 0.717) is 0 Å². The van der Waals surface area contributed by atoms with E-state index in [1.807, 2.05) is 12.2 Å². The summed E-state index contributed by atoms with van der Waals surface area (Å²) in [5.41, 5.74) is 12.4. The van der Waals surface area contributed by atoms with Gasteiger partial charge in [-0.1, -0.05) is 69.0 Å². The molecule has 1 nitrogen and oxygen atoms in total. The van der Waals surface area contributed by atoms with Crippen molar-refractivity contribution in [2.45, 2.75) is 33.1 Å². The number of allylic oxidation sites excluding steroid dienone is 2. The zero-order valence-electron chi connectivity index (χ0n) is 16.9. The first-order valence-electron chi connectivity index (χ1n) is 9.82. The van der Waals surface area contributed by atoms with Gasteiger partial charge in [-0.3, -0.25) is 0 Å². The smallest absolute Gasteiger partial charge is 0.136 e. The molecule has 2 aliphatic rings. The Kier molecular flexibility index (Phi) is 3.34. The second-order valence-electron chi connectivity index (χ2n) is 8.21. The van der Waals surface area contributed by atoms with E-state index >= 15 is 0 Å². The van der Waals surface area contributed by atoms with Crippen LogP contribution < -0.4 is 0 Å². The molecule has 0 aliphatic heterocycles. The summed E-state index contributed by atoms with van der Waals surface area (Å²) < 4.78 is 6.24. The Hall–Kier alpha value is -3.06. The first-order chi connectivity index (χ1) is 13.5. The molecule has 0 fully saturated rings. The minimum absolute atomic E-state index is 0.0113. The van der Waals surface area contributed by atoms with Crippen molar-refractivity contribution in [1.29, 1.82) is 0 Å². The van der Waals surface area contributed by atoms with Crippen LogP contribution in [0.5, 0.6) is 0 Å². The molecule has 3 aromatic rings. The summed E-state index contributed by atoms with van der Waals surface area (Å²) >= 11 is 0. The molecule has 1 heterocycles. The van der Waals surface area contributed by atoms with Gasteiger partial charge in [0.25, 0.3) is 0 Å². The van der Waals surface area contributed by atoms with Gasteiger partial charge in [0, 0.05) is 21.9 Å². The lowest BCUT2D eigenvalue weighted by atomic mass is 9.80. The van der Waals surface area contributed by atoms with Crippen molar-refractivity contribution in [1.82, 2.24) is 0 Å². The molecule has 0 N–H and O–H groups in total. The third-order valence-corrected chi connectivity index (χ3v) is 6.72. The first-order valence-corrected chi connectivity index (χ1v) is 9.82. The fourth-order valence-electron chi connectivity index (χ4n) is 5.09. The van der Waals surface area contributed by atoms with Crippen molar-refractivity contribution >= 4 is 34.3 Å². The maximum Gasteiger partial charge on any atom is 0.136 e. The van der Waals surface area contributed by atoms with E-state index in [0.717, 1.165) is 22.5 Å². The molecular weight excluding hydrogens is 340 g/mol. The molecule has 0 radical (unpaired) electrons. The molecule has 28 heavy (non-hydrogen) atoms. The second kappa shape index (κ2) is 5.48. The maximum atomic E-state index is 6.24. The van der Waals surface area contributed by atoms with Gasteiger partial charge in [0.15, 0.2) is 0 Å². The highest BCUT2D eigenvalue weighted by atomic mass is 16.3. The molecule has 0 unspecified atom stereocenters. The van der Waals surface area contributed by atoms with Crippen LogP contribution in [0.1, 0.15) is 66.8 Å². The van der Waals surface area contributed by atoms with Crippen LogP contribution in [0.15, 0.2) is 59.6 Å². The highest BCUT2D eigenvalue weighted by Gasteiger charge is 2.41. The quantitative estimate of drug-likeness (QED) is 0.357. The third kappa shape index (κ3) is 1.82. The Morgan fingerprint density at radius 1 is 0.964 bits per heavy atom. The molecule has 0 saturated heterocycles. The monoisotopic (exact) mass is 364 g/mol. The van der Waals surface area contributed by atoms with E-state index in [4.69, 9.17) is 4.42 Å². The van der Waals surface area contributed by atoms with Crippen molar-refractivity contribution in [2.75, 3.05) is 0 Å². The molecule has 2 aromatic carbocycles. The largest absolute Gasteiger partial charge is 0.456 e. The predicted octanol–water partition coefficient (Wildman–Crippen LogP) is 7.60. The molecule has 1 aromatic heterocycles. The number of hydrogen-bond donors (Lipinski definition) is 0. The molecule has 1 heteroatoms. The highest BCUT2D eigenvalue weighted by molar-refractivity contribution is 6.14. The van der Waals surface area contributed by atoms with Gasteiger partial charge >= 0.3 is 0 Å². The summed E-state index contributed by atoms with van der Waals surface area (Å²) in [7, 11) is 0. The Morgan fingerprint density at radius 2 is 1.75 bits per heavy atom. The van der Waals surface area contributed by atoms with Crippen LogP contribution in [-0.4, -0.2) is 0 Å². The predicted molar refractivity (Wildman–Crippen MR) is 120 cm³/mol. The van der Waals surface area contributed by atoms with Crippen molar-refractivity contribution < 1.29 is 4.42 Å². The molecule has 0 bridgehead atoms. The topological polar surface area (TPSA) is 13.1 Å². The lowest BCUT2D eigenvalue weighted by molar-refractivity contribution is 0.603. The molecule has 0 atom stereocenters. The Bertz CT molecular complexity index is 1270. The zero-order valence-corrected chi connectivity index (χ0v) is 16.9. The molecule has 138 valence electrons. The van der Waals surface area contributed by atoms with Crippen molar-refractivity contribution in [3.63, 3.8) is 0 Å². The Morgan fingerprint density at radius 3 is 2.43 bits per heavy atom. The van der Waals surface area contributed by atoms with E-state index in [1.165, 1.54) is 44.4 Å². The van der Waals surface area contributed by atoms with Crippen LogP contribution in [0.25, 0.3) is 34.3 Å². The molecule has 0 saturated carbocycles. The van der Waals surface area contributed by atoms with Crippen molar-refractivity contribution in [3.05, 3.63) is 94.3 Å². The lowest BCUT2D eigenvalue weighted by Gasteiger charge is -2.23. The fraction of sp³-hybridized carbons (Fsp3) is 0.185. The average molecular weight is 364 g/mol. The number of benzene rings is 2. The van der Waals surface area contributed by atoms with Crippen LogP contribution in [0.4, 0.5) is 0 Å². The third-order valence-electron chi connectivity index (χ3n) is 6.72. The number of rotatable bonds is 2. The van der Waals surface area contributed by atoms with Crippen LogP contribution in [0, 0.1) is 0 Å². The van der Waals surface area contributed by atoms with Crippen molar-refractivity contribution in [2.24, 2.45) is 0 Å².